The van der Waals surface area contributed by atoms with Crippen LogP contribution in [0.5, 0.6) is 0 Å². The number of nitrogens with two attached hydrogens (primary N) is 1. The Bertz CT molecular complexity index is 748. The van der Waals surface area contributed by atoms with Crippen LogP contribution in [0.1, 0.15) is 11.5 Å². The number of rotatable bonds is 2. The van der Waals surface area contributed by atoms with Crippen molar-refractivity contribution < 1.29 is 4.42 Å². The van der Waals surface area contributed by atoms with E-state index in [9.17, 15) is 0 Å². The third-order valence-electron chi connectivity index (χ3n) is 2.86. The molecule has 0 aliphatic carbocycles. The lowest BCUT2D eigenvalue weighted by Crippen LogP contribution is -1.97. The first-order chi connectivity index (χ1) is 9.11. The zero-order chi connectivity index (χ0) is 13.4. The molecule has 0 atom stereocenters. The smallest absolute Gasteiger partial charge is 0.192 e. The van der Waals surface area contributed by atoms with Gasteiger partial charge in [0.25, 0.3) is 0 Å². The third-order valence-corrected chi connectivity index (χ3v) is 2.86. The predicted molar refractivity (Wildman–Crippen MR) is 75.4 cm³/mol. The summed E-state index contributed by atoms with van der Waals surface area (Å²) in [5, 5.41) is 3.25. The van der Waals surface area contributed by atoms with E-state index in [1.807, 2.05) is 38.1 Å². The molecule has 3 aromatic rings. The van der Waals surface area contributed by atoms with E-state index >= 15 is 0 Å². The summed E-state index contributed by atoms with van der Waals surface area (Å²) in [6.45, 7) is 3.79. The lowest BCUT2D eigenvalue weighted by molar-refractivity contribution is 0.561. The first kappa shape index (κ1) is 11.5. The molecule has 1 aromatic carbocycles. The Morgan fingerprint density at radius 3 is 2.84 bits per heavy atom. The Labute approximate surface area is 110 Å². The highest BCUT2D eigenvalue weighted by atomic mass is 16.3. The average molecular weight is 254 g/mol. The number of hydrogen-bond donors (Lipinski definition) is 2. The van der Waals surface area contributed by atoms with Crippen molar-refractivity contribution in [2.24, 2.45) is 0 Å². The van der Waals surface area contributed by atoms with Crippen LogP contribution in [0.15, 0.2) is 34.9 Å². The van der Waals surface area contributed by atoms with Crippen molar-refractivity contribution >= 4 is 28.3 Å². The van der Waals surface area contributed by atoms with E-state index in [0.717, 1.165) is 28.2 Å². The van der Waals surface area contributed by atoms with Crippen LogP contribution < -0.4 is 11.1 Å². The van der Waals surface area contributed by atoms with E-state index in [4.69, 9.17) is 10.2 Å². The van der Waals surface area contributed by atoms with Crippen LogP contribution in [0, 0.1) is 13.8 Å². The number of aryl methyl sites for hydroxylation is 2. The number of oxazole rings is 1. The molecule has 0 saturated heterocycles. The second-order valence-corrected chi connectivity index (χ2v) is 4.47. The molecule has 5 nitrogen and oxygen atoms in total. The molecule has 0 spiro atoms. The summed E-state index contributed by atoms with van der Waals surface area (Å²) in [5.41, 5.74) is 9.85. The lowest BCUT2D eigenvalue weighted by atomic mass is 10.2. The van der Waals surface area contributed by atoms with Crippen molar-refractivity contribution in [3.63, 3.8) is 0 Å². The molecular weight excluding hydrogens is 240 g/mol. The van der Waals surface area contributed by atoms with Crippen LogP contribution in [0.2, 0.25) is 0 Å². The van der Waals surface area contributed by atoms with Gasteiger partial charge in [0, 0.05) is 18.7 Å². The van der Waals surface area contributed by atoms with Crippen molar-refractivity contribution in [3.05, 3.63) is 41.9 Å². The van der Waals surface area contributed by atoms with E-state index in [-0.39, 0.29) is 0 Å². The molecule has 0 aliphatic rings. The van der Waals surface area contributed by atoms with Gasteiger partial charge in [-0.25, -0.2) is 9.97 Å². The van der Waals surface area contributed by atoms with Gasteiger partial charge in [0.05, 0.1) is 11.9 Å². The van der Waals surface area contributed by atoms with Crippen molar-refractivity contribution in [3.8, 4) is 0 Å². The van der Waals surface area contributed by atoms with Crippen molar-refractivity contribution in [2.75, 3.05) is 11.1 Å². The molecule has 0 aliphatic heterocycles. The molecule has 96 valence electrons. The number of anilines is 3. The molecule has 0 saturated carbocycles. The Kier molecular flexibility index (Phi) is 2.59. The van der Waals surface area contributed by atoms with Crippen LogP contribution in [-0.2, 0) is 0 Å². The van der Waals surface area contributed by atoms with E-state index in [1.54, 1.807) is 6.20 Å². The Morgan fingerprint density at radius 1 is 1.21 bits per heavy atom. The number of nitrogens with zero attached hydrogens (tertiary/aromatic N) is 2. The topological polar surface area (TPSA) is 77.0 Å². The number of pyridine rings is 1. The number of benzene rings is 1. The Hall–Kier alpha value is -2.56. The first-order valence-corrected chi connectivity index (χ1v) is 5.98. The van der Waals surface area contributed by atoms with Crippen LogP contribution in [-0.4, -0.2) is 9.97 Å². The maximum Gasteiger partial charge on any atom is 0.192 e. The van der Waals surface area contributed by atoms with E-state index < -0.39 is 0 Å². The summed E-state index contributed by atoms with van der Waals surface area (Å²) in [5.74, 6) is 1.44. The fourth-order valence-electron chi connectivity index (χ4n) is 1.98. The summed E-state index contributed by atoms with van der Waals surface area (Å²) in [6.07, 6.45) is 1.63. The van der Waals surface area contributed by atoms with Gasteiger partial charge >= 0.3 is 0 Å². The maximum atomic E-state index is 5.68. The molecule has 3 rings (SSSR count). The van der Waals surface area contributed by atoms with E-state index in [1.165, 1.54) is 0 Å². The Morgan fingerprint density at radius 2 is 2.05 bits per heavy atom. The quantitative estimate of drug-likeness (QED) is 0.734. The molecule has 0 bridgehead atoms. The standard InChI is InChI=1S/C14H14N4O/c1-8-5-10(15)7-16-14(8)18-11-3-4-12-13(6-11)19-9(2)17-12/h3-7H,15H2,1-2H3,(H,16,18). The van der Waals surface area contributed by atoms with Gasteiger partial charge in [0.1, 0.15) is 11.3 Å². The molecule has 2 heterocycles. The number of nitrogen functional groups attached to an aromatic ring is 1. The van der Waals surface area contributed by atoms with Gasteiger partial charge in [-0.3, -0.25) is 0 Å². The molecule has 3 N–H and O–H groups in total. The fraction of sp³-hybridized carbons (Fsp3) is 0.143. The van der Waals surface area contributed by atoms with Gasteiger partial charge in [-0.2, -0.15) is 0 Å². The normalized spacial score (nSPS) is 10.8. The molecule has 19 heavy (non-hydrogen) atoms. The van der Waals surface area contributed by atoms with Crippen molar-refractivity contribution in [1.29, 1.82) is 0 Å². The Balaban J connectivity index is 1.96. The largest absolute Gasteiger partial charge is 0.441 e. The van der Waals surface area contributed by atoms with E-state index in [0.29, 0.717) is 11.6 Å². The number of nitrogens with one attached hydrogen (secondary N) is 1. The highest BCUT2D eigenvalue weighted by molar-refractivity contribution is 5.78. The first-order valence-electron chi connectivity index (χ1n) is 5.98. The van der Waals surface area contributed by atoms with E-state index in [2.05, 4.69) is 15.3 Å². The molecule has 5 heteroatoms. The minimum absolute atomic E-state index is 0.657. The van der Waals surface area contributed by atoms with Crippen molar-refractivity contribution in [2.45, 2.75) is 13.8 Å². The SMILES string of the molecule is Cc1nc2ccc(Nc3ncc(N)cc3C)cc2o1. The second kappa shape index (κ2) is 4.28. The molecule has 0 fully saturated rings. The summed E-state index contributed by atoms with van der Waals surface area (Å²) >= 11 is 0. The minimum atomic E-state index is 0.657. The molecule has 0 unspecified atom stereocenters. The average Bonchev–Trinajstić information content (AvgIpc) is 2.72. The van der Waals surface area contributed by atoms with Crippen LogP contribution in [0.3, 0.4) is 0 Å². The van der Waals surface area contributed by atoms with Crippen molar-refractivity contribution in [1.82, 2.24) is 9.97 Å². The summed E-state index contributed by atoms with van der Waals surface area (Å²) in [4.78, 5) is 8.54. The van der Waals surface area contributed by atoms with Crippen LogP contribution in [0.25, 0.3) is 11.1 Å². The highest BCUT2D eigenvalue weighted by Crippen LogP contribution is 2.24. The number of aromatic nitrogens is 2. The minimum Gasteiger partial charge on any atom is -0.441 e. The van der Waals surface area contributed by atoms with Gasteiger partial charge in [-0.05, 0) is 30.7 Å². The lowest BCUT2D eigenvalue weighted by Gasteiger charge is -2.08. The van der Waals surface area contributed by atoms with Gasteiger partial charge in [-0.1, -0.05) is 0 Å². The predicted octanol–water partition coefficient (Wildman–Crippen LogP) is 3.17. The van der Waals surface area contributed by atoms with Gasteiger partial charge in [0.15, 0.2) is 11.5 Å². The molecule has 2 aromatic heterocycles. The van der Waals surface area contributed by atoms with Gasteiger partial charge < -0.3 is 15.5 Å². The monoisotopic (exact) mass is 254 g/mol. The second-order valence-electron chi connectivity index (χ2n) is 4.47. The van der Waals surface area contributed by atoms with Crippen LogP contribution in [0.4, 0.5) is 17.2 Å². The maximum absolute atomic E-state index is 5.68. The number of hydrogen-bond acceptors (Lipinski definition) is 5. The zero-order valence-electron chi connectivity index (χ0n) is 10.8. The summed E-state index contributed by atoms with van der Waals surface area (Å²) in [7, 11) is 0. The summed E-state index contributed by atoms with van der Waals surface area (Å²) < 4.78 is 5.50. The fourth-order valence-corrected chi connectivity index (χ4v) is 1.98. The molecule has 0 radical (unpaired) electrons. The number of fused-ring (bicyclic) bond motifs is 1. The molecular formula is C14H14N4O. The zero-order valence-corrected chi connectivity index (χ0v) is 10.8. The van der Waals surface area contributed by atoms with Crippen LogP contribution >= 0.6 is 0 Å². The van der Waals surface area contributed by atoms with Gasteiger partial charge in [0.2, 0.25) is 0 Å². The molecule has 0 amide bonds. The van der Waals surface area contributed by atoms with Gasteiger partial charge in [-0.15, -0.1) is 0 Å². The third kappa shape index (κ3) is 2.22. The highest BCUT2D eigenvalue weighted by Gasteiger charge is 2.05. The summed E-state index contributed by atoms with van der Waals surface area (Å²) in [6, 6.07) is 7.65.